The third-order valence-corrected chi connectivity index (χ3v) is 6.31. The first kappa shape index (κ1) is 19.5. The number of nitrogens with one attached hydrogen (secondary N) is 1. The number of esters is 1. The van der Waals surface area contributed by atoms with Crippen molar-refractivity contribution in [1.29, 1.82) is 0 Å². The Bertz CT molecular complexity index is 790. The van der Waals surface area contributed by atoms with Gasteiger partial charge in [0.05, 0.1) is 0 Å². The van der Waals surface area contributed by atoms with Crippen molar-refractivity contribution in [2.24, 2.45) is 11.8 Å². The van der Waals surface area contributed by atoms with Gasteiger partial charge in [0.1, 0.15) is 5.01 Å². The van der Waals surface area contributed by atoms with E-state index >= 15 is 0 Å². The van der Waals surface area contributed by atoms with Crippen LogP contribution in [0.1, 0.15) is 50.5 Å². The highest BCUT2D eigenvalue weighted by Crippen LogP contribution is 2.29. The Labute approximate surface area is 164 Å². The minimum atomic E-state index is -0.844. The van der Waals surface area contributed by atoms with Crippen molar-refractivity contribution in [3.05, 3.63) is 41.4 Å². The molecule has 1 amide bonds. The van der Waals surface area contributed by atoms with Gasteiger partial charge in [0, 0.05) is 17.0 Å². The van der Waals surface area contributed by atoms with Gasteiger partial charge in [-0.05, 0) is 25.2 Å². The average Bonchev–Trinajstić information content (AvgIpc) is 3.16. The predicted molar refractivity (Wildman–Crippen MR) is 107 cm³/mol. The highest BCUT2D eigenvalue weighted by atomic mass is 32.1. The molecule has 1 N–H and O–H groups in total. The number of benzene rings is 1. The summed E-state index contributed by atoms with van der Waals surface area (Å²) in [5, 5.41) is 5.47. The molecule has 1 saturated carbocycles. The second-order valence-corrected chi connectivity index (χ2v) is 8.19. The molecule has 6 heteroatoms. The quantitative estimate of drug-likeness (QED) is 0.778. The lowest BCUT2D eigenvalue weighted by molar-refractivity contribution is -0.130. The fraction of sp³-hybridized carbons (Fsp3) is 0.476. The van der Waals surface area contributed by atoms with Crippen molar-refractivity contribution in [3.8, 4) is 10.6 Å². The van der Waals surface area contributed by atoms with Gasteiger partial charge in [-0.1, -0.05) is 57.0 Å². The number of amides is 1. The standard InChI is InChI=1S/C21H26N2O3S/c1-13-8-7-11-17(14(13)2)22-19(24)15(3)26-21(25)18-12-27-20(23-18)16-9-5-4-6-10-16/h4-6,9-10,12-15,17H,7-8,11H2,1-3H3,(H,22,24)/t13-,14-,15-,17-/m1/s1. The molecule has 2 aromatic rings. The number of hydrogen-bond acceptors (Lipinski definition) is 5. The Morgan fingerprint density at radius 2 is 1.96 bits per heavy atom. The van der Waals surface area contributed by atoms with Crippen LogP contribution in [-0.2, 0) is 9.53 Å². The molecule has 1 aliphatic rings. The molecule has 1 aromatic heterocycles. The summed E-state index contributed by atoms with van der Waals surface area (Å²) in [5.74, 6) is 0.208. The van der Waals surface area contributed by atoms with Gasteiger partial charge >= 0.3 is 5.97 Å². The minimum absolute atomic E-state index is 0.145. The molecule has 4 atom stereocenters. The van der Waals surface area contributed by atoms with Crippen molar-refractivity contribution < 1.29 is 14.3 Å². The average molecular weight is 387 g/mol. The van der Waals surface area contributed by atoms with Crippen LogP contribution in [0, 0.1) is 11.8 Å². The Balaban J connectivity index is 1.57. The summed E-state index contributed by atoms with van der Waals surface area (Å²) in [4.78, 5) is 29.1. The minimum Gasteiger partial charge on any atom is -0.448 e. The summed E-state index contributed by atoms with van der Waals surface area (Å²) in [6.07, 6.45) is 2.45. The molecule has 0 unspecified atom stereocenters. The summed E-state index contributed by atoms with van der Waals surface area (Å²) in [6, 6.07) is 9.81. The van der Waals surface area contributed by atoms with Crippen LogP contribution in [0.4, 0.5) is 0 Å². The molecular weight excluding hydrogens is 360 g/mol. The maximum absolute atomic E-state index is 12.5. The molecule has 27 heavy (non-hydrogen) atoms. The molecule has 0 spiro atoms. The largest absolute Gasteiger partial charge is 0.448 e. The fourth-order valence-electron chi connectivity index (χ4n) is 3.44. The van der Waals surface area contributed by atoms with E-state index in [9.17, 15) is 9.59 Å². The molecule has 5 nitrogen and oxygen atoms in total. The fourth-order valence-corrected chi connectivity index (χ4v) is 4.24. The lowest BCUT2D eigenvalue weighted by Gasteiger charge is -2.35. The van der Waals surface area contributed by atoms with Crippen LogP contribution in [0.2, 0.25) is 0 Å². The number of ether oxygens (including phenoxy) is 1. The van der Waals surface area contributed by atoms with Crippen LogP contribution in [0.3, 0.4) is 0 Å². The van der Waals surface area contributed by atoms with E-state index in [1.165, 1.54) is 17.8 Å². The van der Waals surface area contributed by atoms with Gasteiger partial charge in [0.2, 0.25) is 0 Å². The number of hydrogen-bond donors (Lipinski definition) is 1. The van der Waals surface area contributed by atoms with Crippen LogP contribution in [0.5, 0.6) is 0 Å². The van der Waals surface area contributed by atoms with Crippen molar-refractivity contribution in [3.63, 3.8) is 0 Å². The first-order chi connectivity index (χ1) is 13.0. The smallest absolute Gasteiger partial charge is 0.358 e. The molecule has 0 saturated heterocycles. The van der Waals surface area contributed by atoms with Gasteiger partial charge in [-0.2, -0.15) is 0 Å². The van der Waals surface area contributed by atoms with Crippen molar-refractivity contribution in [2.75, 3.05) is 0 Å². The molecule has 3 rings (SSSR count). The van der Waals surface area contributed by atoms with Crippen LogP contribution in [0.25, 0.3) is 10.6 Å². The summed E-state index contributed by atoms with van der Waals surface area (Å²) in [5.41, 5.74) is 1.19. The summed E-state index contributed by atoms with van der Waals surface area (Å²) in [6.45, 7) is 6.00. The van der Waals surface area contributed by atoms with Gasteiger partial charge in [0.15, 0.2) is 11.8 Å². The summed E-state index contributed by atoms with van der Waals surface area (Å²) >= 11 is 1.38. The molecular formula is C21H26N2O3S. The Kier molecular flexibility index (Phi) is 6.26. The van der Waals surface area contributed by atoms with E-state index in [4.69, 9.17) is 4.74 Å². The van der Waals surface area contributed by atoms with Gasteiger partial charge in [-0.3, -0.25) is 4.79 Å². The molecule has 0 bridgehead atoms. The SMILES string of the molecule is C[C@@H]1[C@H](C)CCC[C@H]1NC(=O)[C@@H](C)OC(=O)c1csc(-c2ccccc2)n1. The topological polar surface area (TPSA) is 68.3 Å². The monoisotopic (exact) mass is 386 g/mol. The summed E-state index contributed by atoms with van der Waals surface area (Å²) < 4.78 is 5.34. The van der Waals surface area contributed by atoms with Gasteiger partial charge in [-0.25, -0.2) is 9.78 Å². The van der Waals surface area contributed by atoms with E-state index < -0.39 is 12.1 Å². The molecule has 0 radical (unpaired) electrons. The van der Waals surface area contributed by atoms with Gasteiger partial charge in [0.25, 0.3) is 5.91 Å². The van der Waals surface area contributed by atoms with Crippen LogP contribution in [0.15, 0.2) is 35.7 Å². The molecule has 0 aliphatic heterocycles. The van der Waals surface area contributed by atoms with E-state index in [0.717, 1.165) is 23.4 Å². The first-order valence-corrected chi connectivity index (χ1v) is 10.4. The van der Waals surface area contributed by atoms with Crippen LogP contribution in [-0.4, -0.2) is 29.0 Å². The van der Waals surface area contributed by atoms with Crippen molar-refractivity contribution >= 4 is 23.2 Å². The Hall–Kier alpha value is -2.21. The van der Waals surface area contributed by atoms with Crippen LogP contribution < -0.4 is 5.32 Å². The highest BCUT2D eigenvalue weighted by Gasteiger charge is 2.30. The second-order valence-electron chi connectivity index (χ2n) is 7.33. The van der Waals surface area contributed by atoms with Crippen LogP contribution >= 0.6 is 11.3 Å². The number of carbonyl (C=O) groups is 2. The first-order valence-electron chi connectivity index (χ1n) is 9.48. The molecule has 1 aromatic carbocycles. The highest BCUT2D eigenvalue weighted by molar-refractivity contribution is 7.13. The van der Waals surface area contributed by atoms with E-state index in [1.54, 1.807) is 12.3 Å². The predicted octanol–water partition coefficient (Wildman–Crippen LogP) is 4.30. The van der Waals surface area contributed by atoms with E-state index in [2.05, 4.69) is 24.1 Å². The third kappa shape index (κ3) is 4.75. The normalized spacial score (nSPS) is 23.4. The third-order valence-electron chi connectivity index (χ3n) is 5.42. The summed E-state index contributed by atoms with van der Waals surface area (Å²) in [7, 11) is 0. The molecule has 144 valence electrons. The maximum Gasteiger partial charge on any atom is 0.358 e. The lowest BCUT2D eigenvalue weighted by Crippen LogP contribution is -2.47. The maximum atomic E-state index is 12.5. The number of carbonyl (C=O) groups excluding carboxylic acids is 2. The van der Waals surface area contributed by atoms with Gasteiger partial charge in [-0.15, -0.1) is 11.3 Å². The zero-order valence-corrected chi connectivity index (χ0v) is 16.8. The molecule has 1 aliphatic carbocycles. The number of thiazole rings is 1. The Morgan fingerprint density at radius 3 is 2.70 bits per heavy atom. The van der Waals surface area contributed by atoms with Crippen molar-refractivity contribution in [2.45, 2.75) is 52.2 Å². The van der Waals surface area contributed by atoms with Gasteiger partial charge < -0.3 is 10.1 Å². The number of aromatic nitrogens is 1. The zero-order chi connectivity index (χ0) is 19.4. The lowest BCUT2D eigenvalue weighted by atomic mass is 9.78. The van der Waals surface area contributed by atoms with E-state index in [0.29, 0.717) is 11.8 Å². The van der Waals surface area contributed by atoms with E-state index in [1.807, 2.05) is 30.3 Å². The zero-order valence-electron chi connectivity index (χ0n) is 16.0. The molecule has 1 heterocycles. The Morgan fingerprint density at radius 1 is 1.22 bits per heavy atom. The second kappa shape index (κ2) is 8.65. The number of nitrogens with zero attached hydrogens (tertiary/aromatic N) is 1. The van der Waals surface area contributed by atoms with E-state index in [-0.39, 0.29) is 17.6 Å². The molecule has 1 fully saturated rings. The van der Waals surface area contributed by atoms with Crippen molar-refractivity contribution in [1.82, 2.24) is 10.3 Å². The number of rotatable bonds is 5.